The van der Waals surface area contributed by atoms with Crippen molar-refractivity contribution < 1.29 is 31.1 Å². The number of benzene rings is 2. The fourth-order valence-corrected chi connectivity index (χ4v) is 3.61. The minimum Gasteiger partial charge on any atom is -0.494 e. The quantitative estimate of drug-likeness (QED) is 0.673. The van der Waals surface area contributed by atoms with Crippen LogP contribution < -0.4 is 14.4 Å². The molecule has 0 bridgehead atoms. The van der Waals surface area contributed by atoms with Gasteiger partial charge in [0.05, 0.1) is 30.2 Å². The van der Waals surface area contributed by atoms with Gasteiger partial charge in [0.2, 0.25) is 15.9 Å². The molecule has 6 nitrogen and oxygen atoms in total. The zero-order chi connectivity index (χ0) is 22.5. The van der Waals surface area contributed by atoms with Gasteiger partial charge < -0.3 is 10.1 Å². The maximum Gasteiger partial charge on any atom is 0.416 e. The minimum atomic E-state index is -4.64. The van der Waals surface area contributed by atoms with Crippen molar-refractivity contribution in [1.29, 1.82) is 0 Å². The van der Waals surface area contributed by atoms with Crippen LogP contribution in [0.5, 0.6) is 5.75 Å². The average molecular weight is 444 g/mol. The first-order valence-electron chi connectivity index (χ1n) is 9.09. The first kappa shape index (κ1) is 23.5. The van der Waals surface area contributed by atoms with E-state index in [4.69, 9.17) is 4.74 Å². The predicted molar refractivity (Wildman–Crippen MR) is 108 cm³/mol. The van der Waals surface area contributed by atoms with Crippen LogP contribution in [0.15, 0.2) is 48.5 Å². The summed E-state index contributed by atoms with van der Waals surface area (Å²) < 4.78 is 69.2. The first-order valence-corrected chi connectivity index (χ1v) is 10.9. The molecule has 0 spiro atoms. The van der Waals surface area contributed by atoms with Gasteiger partial charge >= 0.3 is 6.18 Å². The van der Waals surface area contributed by atoms with Gasteiger partial charge in [0.25, 0.3) is 0 Å². The van der Waals surface area contributed by atoms with Gasteiger partial charge in [-0.05, 0) is 49.7 Å². The molecular weight excluding hydrogens is 421 g/mol. The van der Waals surface area contributed by atoms with E-state index < -0.39 is 40.3 Å². The number of hydrogen-bond donors (Lipinski definition) is 1. The second-order valence-corrected chi connectivity index (χ2v) is 8.52. The van der Waals surface area contributed by atoms with Gasteiger partial charge in [0.1, 0.15) is 12.3 Å². The SMILES string of the molecule is CCOc1ccc([C@@H](C)NC(=O)CN(c2cccc(C(F)(F)F)c2)S(C)(=O)=O)cc1. The molecule has 10 heteroatoms. The molecule has 164 valence electrons. The number of carbonyl (C=O) groups is 1. The minimum absolute atomic E-state index is 0.240. The van der Waals surface area contributed by atoms with Crippen LogP contribution in [0.3, 0.4) is 0 Å². The number of nitrogens with zero attached hydrogens (tertiary/aromatic N) is 1. The molecule has 0 unspecified atom stereocenters. The molecule has 0 saturated carbocycles. The highest BCUT2D eigenvalue weighted by Crippen LogP contribution is 2.32. The molecule has 0 fully saturated rings. The number of hydrogen-bond acceptors (Lipinski definition) is 4. The zero-order valence-electron chi connectivity index (χ0n) is 16.7. The molecule has 1 atom stereocenters. The maximum atomic E-state index is 13.0. The third-order valence-corrected chi connectivity index (χ3v) is 5.36. The number of nitrogens with one attached hydrogen (secondary N) is 1. The van der Waals surface area contributed by atoms with Crippen LogP contribution in [-0.4, -0.2) is 33.7 Å². The van der Waals surface area contributed by atoms with Crippen molar-refractivity contribution in [3.63, 3.8) is 0 Å². The van der Waals surface area contributed by atoms with E-state index in [1.807, 2.05) is 6.92 Å². The van der Waals surface area contributed by atoms with Gasteiger partial charge in [-0.2, -0.15) is 13.2 Å². The smallest absolute Gasteiger partial charge is 0.416 e. The van der Waals surface area contributed by atoms with Gasteiger partial charge in [-0.25, -0.2) is 8.42 Å². The number of sulfonamides is 1. The van der Waals surface area contributed by atoms with Crippen molar-refractivity contribution in [3.8, 4) is 5.75 Å². The van der Waals surface area contributed by atoms with Crippen LogP contribution >= 0.6 is 0 Å². The molecule has 0 aromatic heterocycles. The third-order valence-electron chi connectivity index (χ3n) is 4.22. The number of carbonyl (C=O) groups excluding carboxylic acids is 1. The van der Waals surface area contributed by atoms with Crippen molar-refractivity contribution in [2.24, 2.45) is 0 Å². The molecule has 0 radical (unpaired) electrons. The van der Waals surface area contributed by atoms with Gasteiger partial charge in [-0.1, -0.05) is 18.2 Å². The number of alkyl halides is 3. The summed E-state index contributed by atoms with van der Waals surface area (Å²) in [6.45, 7) is 3.43. The normalized spacial score (nSPS) is 12.9. The Hall–Kier alpha value is -2.75. The number of anilines is 1. The van der Waals surface area contributed by atoms with Crippen molar-refractivity contribution in [3.05, 3.63) is 59.7 Å². The Bertz CT molecular complexity index is 976. The maximum absolute atomic E-state index is 13.0. The summed E-state index contributed by atoms with van der Waals surface area (Å²) >= 11 is 0. The third kappa shape index (κ3) is 6.38. The van der Waals surface area contributed by atoms with Crippen molar-refractivity contribution in [2.75, 3.05) is 23.7 Å². The summed E-state index contributed by atoms with van der Waals surface area (Å²) in [7, 11) is -4.00. The summed E-state index contributed by atoms with van der Waals surface area (Å²) in [5.74, 6) is 0.0202. The van der Waals surface area contributed by atoms with Crippen LogP contribution in [0, 0.1) is 0 Å². The standard InChI is InChI=1S/C20H23F3N2O4S/c1-4-29-18-10-8-15(9-11-18)14(2)24-19(26)13-25(30(3,27)28)17-7-5-6-16(12-17)20(21,22)23/h5-12,14H,4,13H2,1-3H3,(H,24,26)/t14-/m1/s1. The van der Waals surface area contributed by atoms with E-state index in [1.54, 1.807) is 31.2 Å². The lowest BCUT2D eigenvalue weighted by Crippen LogP contribution is -2.41. The zero-order valence-corrected chi connectivity index (χ0v) is 17.5. The van der Waals surface area contributed by atoms with Gasteiger partial charge in [-0.15, -0.1) is 0 Å². The molecule has 2 rings (SSSR count). The van der Waals surface area contributed by atoms with E-state index in [9.17, 15) is 26.4 Å². The molecule has 30 heavy (non-hydrogen) atoms. The van der Waals surface area contributed by atoms with Gasteiger partial charge in [0, 0.05) is 0 Å². The summed E-state index contributed by atoms with van der Waals surface area (Å²) in [6.07, 6.45) is -3.81. The molecule has 1 amide bonds. The summed E-state index contributed by atoms with van der Waals surface area (Å²) in [4.78, 5) is 12.4. The highest BCUT2D eigenvalue weighted by molar-refractivity contribution is 7.92. The van der Waals surface area contributed by atoms with Crippen LogP contribution in [0.1, 0.15) is 31.0 Å². The van der Waals surface area contributed by atoms with E-state index in [0.717, 1.165) is 24.0 Å². The van der Waals surface area contributed by atoms with Crippen molar-refractivity contribution in [2.45, 2.75) is 26.1 Å². The number of rotatable bonds is 8. The number of ether oxygens (including phenoxy) is 1. The molecule has 0 aliphatic heterocycles. The molecule has 0 aliphatic carbocycles. The van der Waals surface area contributed by atoms with Crippen molar-refractivity contribution in [1.82, 2.24) is 5.32 Å². The van der Waals surface area contributed by atoms with Crippen LogP contribution in [0.4, 0.5) is 18.9 Å². The fraction of sp³-hybridized carbons (Fsp3) is 0.350. The number of halogens is 3. The van der Waals surface area contributed by atoms with E-state index >= 15 is 0 Å². The highest BCUT2D eigenvalue weighted by atomic mass is 32.2. The van der Waals surface area contributed by atoms with Crippen LogP contribution in [0.25, 0.3) is 0 Å². The Morgan fingerprint density at radius 3 is 2.33 bits per heavy atom. The Morgan fingerprint density at radius 2 is 1.80 bits per heavy atom. The monoisotopic (exact) mass is 444 g/mol. The van der Waals surface area contributed by atoms with E-state index in [2.05, 4.69) is 5.32 Å². The molecule has 0 aliphatic rings. The second kappa shape index (κ2) is 9.38. The van der Waals surface area contributed by atoms with Gasteiger partial charge in [-0.3, -0.25) is 9.10 Å². The van der Waals surface area contributed by atoms with E-state index in [1.165, 1.54) is 6.07 Å². The Kier molecular flexibility index (Phi) is 7.35. The summed E-state index contributed by atoms with van der Waals surface area (Å²) in [6, 6.07) is 10.4. The van der Waals surface area contributed by atoms with Crippen molar-refractivity contribution >= 4 is 21.6 Å². The largest absolute Gasteiger partial charge is 0.494 e. The summed E-state index contributed by atoms with van der Waals surface area (Å²) in [5.41, 5.74) is -0.482. The fourth-order valence-electron chi connectivity index (χ4n) is 2.76. The lowest BCUT2D eigenvalue weighted by atomic mass is 10.1. The number of amides is 1. The Morgan fingerprint density at radius 1 is 1.17 bits per heavy atom. The molecule has 2 aromatic carbocycles. The average Bonchev–Trinajstić information content (AvgIpc) is 2.65. The first-order chi connectivity index (χ1) is 13.9. The Labute approximate surface area is 173 Å². The molecule has 0 saturated heterocycles. The molecule has 2 aromatic rings. The molecule has 1 N–H and O–H groups in total. The predicted octanol–water partition coefficient (Wildman–Crippen LogP) is 3.75. The van der Waals surface area contributed by atoms with E-state index in [0.29, 0.717) is 22.7 Å². The lowest BCUT2D eigenvalue weighted by molar-refractivity contribution is -0.137. The lowest BCUT2D eigenvalue weighted by Gasteiger charge is -2.24. The second-order valence-electron chi connectivity index (χ2n) is 6.61. The highest BCUT2D eigenvalue weighted by Gasteiger charge is 2.32. The van der Waals surface area contributed by atoms with Crippen LogP contribution in [-0.2, 0) is 21.0 Å². The van der Waals surface area contributed by atoms with E-state index in [-0.39, 0.29) is 5.69 Å². The van der Waals surface area contributed by atoms with Crippen LogP contribution in [0.2, 0.25) is 0 Å². The van der Waals surface area contributed by atoms with Gasteiger partial charge in [0.15, 0.2) is 0 Å². The topological polar surface area (TPSA) is 75.7 Å². The Balaban J connectivity index is 2.16. The molecular formula is C20H23F3N2O4S. The summed E-state index contributed by atoms with van der Waals surface area (Å²) in [5, 5.41) is 2.66. The molecule has 0 heterocycles.